The molecular formula is C18H24FN3O2. The number of rotatable bonds is 7. The number of anilines is 1. The van der Waals surface area contributed by atoms with Gasteiger partial charge in [-0.3, -0.25) is 9.48 Å². The van der Waals surface area contributed by atoms with Crippen LogP contribution in [0.5, 0.6) is 5.75 Å². The number of benzene rings is 1. The van der Waals surface area contributed by atoms with Gasteiger partial charge in [0, 0.05) is 18.5 Å². The van der Waals surface area contributed by atoms with Crippen LogP contribution in [-0.2, 0) is 4.79 Å². The Bertz CT molecular complexity index is 710. The van der Waals surface area contributed by atoms with Crippen molar-refractivity contribution in [1.82, 2.24) is 9.78 Å². The Morgan fingerprint density at radius 1 is 1.38 bits per heavy atom. The van der Waals surface area contributed by atoms with Crippen molar-refractivity contribution in [3.63, 3.8) is 0 Å². The molecule has 1 aromatic heterocycles. The van der Waals surface area contributed by atoms with Crippen molar-refractivity contribution >= 4 is 11.6 Å². The second kappa shape index (κ2) is 7.95. The number of hydrogen-bond donors (Lipinski definition) is 1. The first-order valence-electron chi connectivity index (χ1n) is 8.12. The summed E-state index contributed by atoms with van der Waals surface area (Å²) >= 11 is 0. The van der Waals surface area contributed by atoms with Crippen LogP contribution in [-0.4, -0.2) is 22.3 Å². The predicted octanol–water partition coefficient (Wildman–Crippen LogP) is 4.02. The maximum absolute atomic E-state index is 13.0. The van der Waals surface area contributed by atoms with Crippen molar-refractivity contribution < 1.29 is 13.9 Å². The van der Waals surface area contributed by atoms with Crippen LogP contribution in [0.4, 0.5) is 10.1 Å². The van der Waals surface area contributed by atoms with E-state index in [1.54, 1.807) is 12.1 Å². The number of halogens is 1. The third-order valence-electron chi connectivity index (χ3n) is 3.69. The Kier molecular flexibility index (Phi) is 5.95. The van der Waals surface area contributed by atoms with E-state index in [2.05, 4.69) is 24.3 Å². The molecule has 1 aromatic carbocycles. The van der Waals surface area contributed by atoms with E-state index in [0.29, 0.717) is 25.2 Å². The highest BCUT2D eigenvalue weighted by Gasteiger charge is 2.15. The molecule has 24 heavy (non-hydrogen) atoms. The summed E-state index contributed by atoms with van der Waals surface area (Å²) < 4.78 is 20.4. The first-order chi connectivity index (χ1) is 11.4. The van der Waals surface area contributed by atoms with Crippen LogP contribution < -0.4 is 10.1 Å². The van der Waals surface area contributed by atoms with Crippen LogP contribution in [0.1, 0.15) is 44.1 Å². The molecule has 0 radical (unpaired) electrons. The van der Waals surface area contributed by atoms with Gasteiger partial charge in [-0.15, -0.1) is 0 Å². The van der Waals surface area contributed by atoms with E-state index in [4.69, 9.17) is 4.74 Å². The molecule has 0 atom stereocenters. The molecule has 1 heterocycles. The summed E-state index contributed by atoms with van der Waals surface area (Å²) in [5.74, 6) is 0.0611. The molecule has 0 saturated carbocycles. The second-order valence-electron chi connectivity index (χ2n) is 6.04. The molecule has 1 N–H and O–H groups in total. The van der Waals surface area contributed by atoms with Crippen LogP contribution in [0.3, 0.4) is 0 Å². The zero-order valence-electron chi connectivity index (χ0n) is 14.6. The molecule has 2 rings (SSSR count). The van der Waals surface area contributed by atoms with Crippen LogP contribution in [0.15, 0.2) is 24.3 Å². The molecule has 2 aromatic rings. The molecule has 0 aliphatic rings. The van der Waals surface area contributed by atoms with Crippen molar-refractivity contribution in [3.8, 4) is 5.75 Å². The third-order valence-corrected chi connectivity index (χ3v) is 3.69. The van der Waals surface area contributed by atoms with E-state index in [1.165, 1.54) is 12.1 Å². The number of aromatic nitrogens is 2. The van der Waals surface area contributed by atoms with E-state index in [9.17, 15) is 9.18 Å². The number of nitrogens with one attached hydrogen (secondary N) is 1. The van der Waals surface area contributed by atoms with Gasteiger partial charge in [0.2, 0.25) is 5.91 Å². The van der Waals surface area contributed by atoms with E-state index in [0.717, 1.165) is 17.1 Å². The molecule has 0 saturated heterocycles. The largest absolute Gasteiger partial charge is 0.493 e. The zero-order valence-corrected chi connectivity index (χ0v) is 14.6. The fourth-order valence-corrected chi connectivity index (χ4v) is 2.53. The highest BCUT2D eigenvalue weighted by Crippen LogP contribution is 2.22. The van der Waals surface area contributed by atoms with Crippen molar-refractivity contribution in [2.75, 3.05) is 11.9 Å². The van der Waals surface area contributed by atoms with Gasteiger partial charge in [0.1, 0.15) is 11.6 Å². The lowest BCUT2D eigenvalue weighted by Crippen LogP contribution is -2.14. The molecule has 0 aliphatic heterocycles. The summed E-state index contributed by atoms with van der Waals surface area (Å²) in [6, 6.07) is 6.22. The first-order valence-corrected chi connectivity index (χ1v) is 8.12. The Balaban J connectivity index is 1.82. The van der Waals surface area contributed by atoms with E-state index >= 15 is 0 Å². The van der Waals surface area contributed by atoms with Gasteiger partial charge >= 0.3 is 0 Å². The summed E-state index contributed by atoms with van der Waals surface area (Å²) in [7, 11) is 0. The molecule has 1 amide bonds. The smallest absolute Gasteiger partial charge is 0.224 e. The molecule has 130 valence electrons. The van der Waals surface area contributed by atoms with Gasteiger partial charge < -0.3 is 10.1 Å². The van der Waals surface area contributed by atoms with Crippen LogP contribution in [0.25, 0.3) is 0 Å². The normalized spacial score (nSPS) is 10.9. The third kappa shape index (κ3) is 4.57. The lowest BCUT2D eigenvalue weighted by molar-refractivity contribution is -0.116. The van der Waals surface area contributed by atoms with Gasteiger partial charge in [0.25, 0.3) is 0 Å². The molecule has 0 aliphatic carbocycles. The second-order valence-corrected chi connectivity index (χ2v) is 6.04. The van der Waals surface area contributed by atoms with Crippen LogP contribution in [0, 0.1) is 19.7 Å². The predicted molar refractivity (Wildman–Crippen MR) is 91.8 cm³/mol. The van der Waals surface area contributed by atoms with Gasteiger partial charge in [-0.25, -0.2) is 4.39 Å². The molecular weight excluding hydrogens is 309 g/mol. The number of carbonyl (C=O) groups excluding carboxylic acids is 1. The molecule has 0 unspecified atom stereocenters. The minimum absolute atomic E-state index is 0.0765. The first kappa shape index (κ1) is 18.0. The summed E-state index contributed by atoms with van der Waals surface area (Å²) in [6.45, 7) is 8.29. The van der Waals surface area contributed by atoms with Crippen molar-refractivity contribution in [3.05, 3.63) is 41.5 Å². The highest BCUT2D eigenvalue weighted by atomic mass is 19.1. The van der Waals surface area contributed by atoms with Crippen LogP contribution in [0.2, 0.25) is 0 Å². The minimum Gasteiger partial charge on any atom is -0.493 e. The Morgan fingerprint density at radius 3 is 2.75 bits per heavy atom. The molecule has 0 fully saturated rings. The number of aryl methyl sites for hydroxylation is 1. The molecule has 5 nitrogen and oxygen atoms in total. The summed E-state index contributed by atoms with van der Waals surface area (Å²) in [5, 5.41) is 7.37. The monoisotopic (exact) mass is 333 g/mol. The van der Waals surface area contributed by atoms with Gasteiger partial charge in [0.15, 0.2) is 0 Å². The van der Waals surface area contributed by atoms with Crippen molar-refractivity contribution in [2.45, 2.75) is 46.6 Å². The van der Waals surface area contributed by atoms with E-state index in [1.807, 2.05) is 18.5 Å². The zero-order chi connectivity index (χ0) is 17.7. The Hall–Kier alpha value is -2.37. The van der Waals surface area contributed by atoms with Gasteiger partial charge in [-0.05, 0) is 46.2 Å². The van der Waals surface area contributed by atoms with Crippen LogP contribution >= 0.6 is 0 Å². The number of hydrogen-bond acceptors (Lipinski definition) is 3. The number of carbonyl (C=O) groups is 1. The fraction of sp³-hybridized carbons (Fsp3) is 0.444. The topological polar surface area (TPSA) is 56.2 Å². The maximum Gasteiger partial charge on any atom is 0.224 e. The molecule has 6 heteroatoms. The summed E-state index contributed by atoms with van der Waals surface area (Å²) in [4.78, 5) is 12.1. The Morgan fingerprint density at radius 2 is 2.12 bits per heavy atom. The average molecular weight is 333 g/mol. The SMILES string of the molecule is Cc1nn(C(C)C)c(C)c1NC(=O)CCCOc1cccc(F)c1. The Labute approximate surface area is 141 Å². The van der Waals surface area contributed by atoms with Gasteiger partial charge in [0.05, 0.1) is 23.7 Å². The quantitative estimate of drug-likeness (QED) is 0.779. The van der Waals surface area contributed by atoms with Gasteiger partial charge in [-0.1, -0.05) is 6.07 Å². The molecule has 0 bridgehead atoms. The highest BCUT2D eigenvalue weighted by molar-refractivity contribution is 5.91. The standard InChI is InChI=1S/C18H24FN3O2/c1-12(2)22-14(4)18(13(3)21-22)20-17(23)9-6-10-24-16-8-5-7-15(19)11-16/h5,7-8,11-12H,6,9-10H2,1-4H3,(H,20,23). The lowest BCUT2D eigenvalue weighted by atomic mass is 10.2. The minimum atomic E-state index is -0.335. The maximum atomic E-state index is 13.0. The average Bonchev–Trinajstić information content (AvgIpc) is 2.80. The number of nitrogens with zero attached hydrogens (tertiary/aromatic N) is 2. The summed E-state index contributed by atoms with van der Waals surface area (Å²) in [6.07, 6.45) is 0.889. The molecule has 0 spiro atoms. The van der Waals surface area contributed by atoms with Crippen molar-refractivity contribution in [2.24, 2.45) is 0 Å². The van der Waals surface area contributed by atoms with Gasteiger partial charge in [-0.2, -0.15) is 5.10 Å². The number of amides is 1. The van der Waals surface area contributed by atoms with E-state index < -0.39 is 0 Å². The lowest BCUT2D eigenvalue weighted by Gasteiger charge is -2.10. The van der Waals surface area contributed by atoms with E-state index in [-0.39, 0.29) is 17.8 Å². The summed E-state index contributed by atoms with van der Waals surface area (Å²) in [5.41, 5.74) is 2.54. The number of ether oxygens (including phenoxy) is 1. The van der Waals surface area contributed by atoms with Crippen molar-refractivity contribution in [1.29, 1.82) is 0 Å². The fourth-order valence-electron chi connectivity index (χ4n) is 2.53.